The number of alkyl halides is 1. The summed E-state index contributed by atoms with van der Waals surface area (Å²) < 4.78 is 14.1. The van der Waals surface area contributed by atoms with Crippen LogP contribution in [-0.4, -0.2) is 23.7 Å². The van der Waals surface area contributed by atoms with Gasteiger partial charge >= 0.3 is 0 Å². The van der Waals surface area contributed by atoms with E-state index in [1.807, 2.05) is 36.4 Å². The first-order chi connectivity index (χ1) is 8.83. The van der Waals surface area contributed by atoms with E-state index in [1.54, 1.807) is 0 Å². The van der Waals surface area contributed by atoms with Crippen molar-refractivity contribution in [2.24, 2.45) is 0 Å². The highest BCUT2D eigenvalue weighted by molar-refractivity contribution is 5.78. The molecular formula is C15H17FN2. The molecule has 0 spiro atoms. The second-order valence-corrected chi connectivity index (χ2v) is 4.92. The predicted molar refractivity (Wildman–Crippen MR) is 71.4 cm³/mol. The number of halogens is 1. The summed E-state index contributed by atoms with van der Waals surface area (Å²) in [6, 6.07) is 11.9. The summed E-state index contributed by atoms with van der Waals surface area (Å²) in [4.78, 5) is 4.52. The summed E-state index contributed by atoms with van der Waals surface area (Å²) in [5.74, 6) is 0. The molecule has 1 aromatic carbocycles. The molecule has 0 radical (unpaired) electrons. The van der Waals surface area contributed by atoms with Crippen LogP contribution in [0, 0.1) is 0 Å². The molecule has 2 nitrogen and oxygen atoms in total. The predicted octanol–water partition coefficient (Wildman–Crippen LogP) is 2.87. The lowest BCUT2D eigenvalue weighted by atomic mass is 10.0. The molecule has 1 aliphatic rings. The summed E-state index contributed by atoms with van der Waals surface area (Å²) in [6.07, 6.45) is 1.59. The second kappa shape index (κ2) is 5.02. The van der Waals surface area contributed by atoms with Gasteiger partial charge in [-0.1, -0.05) is 24.3 Å². The van der Waals surface area contributed by atoms with Crippen LogP contribution in [0.3, 0.4) is 0 Å². The summed E-state index contributed by atoms with van der Waals surface area (Å²) in [6.45, 7) is 0.941. The number of pyridine rings is 1. The van der Waals surface area contributed by atoms with Gasteiger partial charge in [0.15, 0.2) is 0 Å². The Labute approximate surface area is 106 Å². The van der Waals surface area contributed by atoms with Crippen LogP contribution in [0.25, 0.3) is 10.9 Å². The van der Waals surface area contributed by atoms with Crippen molar-refractivity contribution >= 4 is 10.9 Å². The lowest BCUT2D eigenvalue weighted by molar-refractivity contribution is 0.262. The fourth-order valence-electron chi connectivity index (χ4n) is 2.58. The van der Waals surface area contributed by atoms with E-state index in [-0.39, 0.29) is 6.04 Å². The molecule has 18 heavy (non-hydrogen) atoms. The maximum absolute atomic E-state index is 14.1. The summed E-state index contributed by atoms with van der Waals surface area (Å²) in [5, 5.41) is 4.32. The standard InChI is InChI=1S/C15H17FN2/c16-13(15-6-3-9-17-15)10-12-8-7-11-4-1-2-5-14(11)18-12/h1-2,4-5,7-8,13,15,17H,3,6,9-10H2. The van der Waals surface area contributed by atoms with Gasteiger partial charge in [-0.2, -0.15) is 0 Å². The van der Waals surface area contributed by atoms with Crippen LogP contribution in [0.1, 0.15) is 18.5 Å². The van der Waals surface area contributed by atoms with E-state index in [9.17, 15) is 4.39 Å². The van der Waals surface area contributed by atoms with Crippen molar-refractivity contribution in [3.63, 3.8) is 0 Å². The van der Waals surface area contributed by atoms with Crippen molar-refractivity contribution < 1.29 is 4.39 Å². The Hall–Kier alpha value is -1.48. The number of hydrogen-bond donors (Lipinski definition) is 1. The molecule has 0 bridgehead atoms. The number of hydrogen-bond acceptors (Lipinski definition) is 2. The molecule has 2 aromatic rings. The average molecular weight is 244 g/mol. The fraction of sp³-hybridized carbons (Fsp3) is 0.400. The molecule has 2 atom stereocenters. The van der Waals surface area contributed by atoms with Crippen LogP contribution in [0.5, 0.6) is 0 Å². The molecule has 2 unspecified atom stereocenters. The molecule has 1 fully saturated rings. The fourth-order valence-corrected chi connectivity index (χ4v) is 2.58. The van der Waals surface area contributed by atoms with Gasteiger partial charge in [0.05, 0.1) is 5.52 Å². The van der Waals surface area contributed by atoms with E-state index in [0.29, 0.717) is 6.42 Å². The van der Waals surface area contributed by atoms with Crippen molar-refractivity contribution in [2.45, 2.75) is 31.5 Å². The van der Waals surface area contributed by atoms with Gasteiger partial charge in [0, 0.05) is 23.5 Å². The molecule has 3 rings (SSSR count). The number of benzene rings is 1. The number of fused-ring (bicyclic) bond motifs is 1. The molecule has 94 valence electrons. The van der Waals surface area contributed by atoms with Gasteiger partial charge < -0.3 is 5.32 Å². The van der Waals surface area contributed by atoms with Crippen LogP contribution >= 0.6 is 0 Å². The van der Waals surface area contributed by atoms with Crippen molar-refractivity contribution in [1.29, 1.82) is 0 Å². The van der Waals surface area contributed by atoms with Crippen molar-refractivity contribution in [3.8, 4) is 0 Å². The molecule has 2 heterocycles. The first kappa shape index (κ1) is 11.6. The maximum Gasteiger partial charge on any atom is 0.121 e. The molecule has 1 aliphatic heterocycles. The number of nitrogens with one attached hydrogen (secondary N) is 1. The Bertz CT molecular complexity index is 535. The van der Waals surface area contributed by atoms with Crippen molar-refractivity contribution in [3.05, 3.63) is 42.1 Å². The molecule has 0 amide bonds. The Kier molecular flexibility index (Phi) is 3.24. The Morgan fingerprint density at radius 1 is 1.28 bits per heavy atom. The smallest absolute Gasteiger partial charge is 0.121 e. The molecule has 3 heteroatoms. The SMILES string of the molecule is FC(Cc1ccc2ccccc2n1)C1CCCN1. The van der Waals surface area contributed by atoms with E-state index in [1.165, 1.54) is 0 Å². The third-order valence-electron chi connectivity index (χ3n) is 3.60. The zero-order valence-corrected chi connectivity index (χ0v) is 10.3. The van der Waals surface area contributed by atoms with Gasteiger partial charge in [-0.05, 0) is 31.5 Å². The van der Waals surface area contributed by atoms with Crippen LogP contribution in [0.15, 0.2) is 36.4 Å². The Morgan fingerprint density at radius 2 is 2.17 bits per heavy atom. The molecule has 0 aliphatic carbocycles. The van der Waals surface area contributed by atoms with Gasteiger partial charge in [0.2, 0.25) is 0 Å². The molecule has 1 N–H and O–H groups in total. The quantitative estimate of drug-likeness (QED) is 0.898. The summed E-state index contributed by atoms with van der Waals surface area (Å²) in [7, 11) is 0. The van der Waals surface area contributed by atoms with E-state index < -0.39 is 6.17 Å². The van der Waals surface area contributed by atoms with Crippen molar-refractivity contribution in [1.82, 2.24) is 10.3 Å². The van der Waals surface area contributed by atoms with E-state index >= 15 is 0 Å². The third-order valence-corrected chi connectivity index (χ3v) is 3.60. The zero-order chi connectivity index (χ0) is 12.4. The van der Waals surface area contributed by atoms with Crippen molar-refractivity contribution in [2.75, 3.05) is 6.54 Å². The number of aromatic nitrogens is 1. The van der Waals surface area contributed by atoms with Gasteiger partial charge in [-0.3, -0.25) is 4.98 Å². The second-order valence-electron chi connectivity index (χ2n) is 4.92. The minimum atomic E-state index is -0.832. The first-order valence-corrected chi connectivity index (χ1v) is 6.55. The molecule has 1 aromatic heterocycles. The van der Waals surface area contributed by atoms with E-state index in [4.69, 9.17) is 0 Å². The molecular weight excluding hydrogens is 227 g/mol. The Balaban J connectivity index is 1.77. The number of nitrogens with zero attached hydrogens (tertiary/aromatic N) is 1. The normalized spacial score (nSPS) is 21.3. The lowest BCUT2D eigenvalue weighted by Gasteiger charge is -2.15. The van der Waals surface area contributed by atoms with Gasteiger partial charge in [-0.25, -0.2) is 4.39 Å². The van der Waals surface area contributed by atoms with E-state index in [0.717, 1.165) is 36.0 Å². The summed E-state index contributed by atoms with van der Waals surface area (Å²) in [5.41, 5.74) is 1.79. The van der Waals surface area contributed by atoms with Gasteiger partial charge in [0.1, 0.15) is 6.17 Å². The lowest BCUT2D eigenvalue weighted by Crippen LogP contribution is -2.33. The number of rotatable bonds is 3. The summed E-state index contributed by atoms with van der Waals surface area (Å²) >= 11 is 0. The van der Waals surface area contributed by atoms with Crippen LogP contribution in [-0.2, 0) is 6.42 Å². The highest BCUT2D eigenvalue weighted by atomic mass is 19.1. The minimum absolute atomic E-state index is 0.0123. The van der Waals surface area contributed by atoms with Crippen LogP contribution in [0.4, 0.5) is 4.39 Å². The van der Waals surface area contributed by atoms with Crippen LogP contribution < -0.4 is 5.32 Å². The first-order valence-electron chi connectivity index (χ1n) is 6.55. The molecule has 0 saturated carbocycles. The number of para-hydroxylation sites is 1. The largest absolute Gasteiger partial charge is 0.311 e. The highest BCUT2D eigenvalue weighted by Crippen LogP contribution is 2.18. The average Bonchev–Trinajstić information content (AvgIpc) is 2.92. The van der Waals surface area contributed by atoms with E-state index in [2.05, 4.69) is 10.3 Å². The van der Waals surface area contributed by atoms with Crippen LogP contribution in [0.2, 0.25) is 0 Å². The Morgan fingerprint density at radius 3 is 3.00 bits per heavy atom. The third kappa shape index (κ3) is 2.36. The van der Waals surface area contributed by atoms with Gasteiger partial charge in [-0.15, -0.1) is 0 Å². The zero-order valence-electron chi connectivity index (χ0n) is 10.3. The van der Waals surface area contributed by atoms with Gasteiger partial charge in [0.25, 0.3) is 0 Å². The maximum atomic E-state index is 14.1. The molecule has 1 saturated heterocycles. The minimum Gasteiger partial charge on any atom is -0.311 e. The topological polar surface area (TPSA) is 24.9 Å². The monoisotopic (exact) mass is 244 g/mol. The highest BCUT2D eigenvalue weighted by Gasteiger charge is 2.24.